The van der Waals surface area contributed by atoms with Gasteiger partial charge in [-0.15, -0.1) is 0 Å². The van der Waals surface area contributed by atoms with E-state index >= 15 is 0 Å². The van der Waals surface area contributed by atoms with Gasteiger partial charge < -0.3 is 15.5 Å². The number of hydrazone groups is 1. The maximum atomic E-state index is 12.6. The van der Waals surface area contributed by atoms with E-state index in [0.29, 0.717) is 37.9 Å². The van der Waals surface area contributed by atoms with Crippen LogP contribution in [0, 0.1) is 5.41 Å². The van der Waals surface area contributed by atoms with Crippen molar-refractivity contribution >= 4 is 29.2 Å². The third kappa shape index (κ3) is 4.18. The van der Waals surface area contributed by atoms with Crippen LogP contribution in [0.1, 0.15) is 42.4 Å². The van der Waals surface area contributed by atoms with Crippen molar-refractivity contribution in [2.45, 2.75) is 20.8 Å². The number of anilines is 1. The number of benzene rings is 1. The van der Waals surface area contributed by atoms with Gasteiger partial charge in [-0.1, -0.05) is 39.0 Å². The molecule has 0 unspecified atom stereocenters. The number of amides is 2. The molecule has 1 fully saturated rings. The first-order valence-electron chi connectivity index (χ1n) is 10.6. The fourth-order valence-electron chi connectivity index (χ4n) is 3.86. The number of carbonyl (C=O) groups excluding carboxylic acids is 2. The van der Waals surface area contributed by atoms with Crippen molar-refractivity contribution in [1.29, 1.82) is 0 Å². The average Bonchev–Trinajstić information content (AvgIpc) is 3.13. The molecule has 9 heteroatoms. The summed E-state index contributed by atoms with van der Waals surface area (Å²) >= 11 is 0. The van der Waals surface area contributed by atoms with Gasteiger partial charge in [-0.3, -0.25) is 14.6 Å². The molecule has 0 spiro atoms. The Bertz CT molecular complexity index is 1100. The van der Waals surface area contributed by atoms with E-state index in [1.54, 1.807) is 24.4 Å². The zero-order valence-electron chi connectivity index (χ0n) is 18.5. The van der Waals surface area contributed by atoms with Gasteiger partial charge in [0.05, 0.1) is 5.56 Å². The lowest BCUT2D eigenvalue weighted by Crippen LogP contribution is -2.52. The molecule has 0 atom stereocenters. The molecule has 9 nitrogen and oxygen atoms in total. The zero-order chi connectivity index (χ0) is 22.9. The smallest absolute Gasteiger partial charge is 0.290 e. The molecule has 2 aromatic rings. The quantitative estimate of drug-likeness (QED) is 0.713. The minimum Gasteiger partial charge on any atom is -0.383 e. The predicted octanol–water partition coefficient (Wildman–Crippen LogP) is 1.59. The van der Waals surface area contributed by atoms with E-state index in [1.807, 2.05) is 43.9 Å². The van der Waals surface area contributed by atoms with Crippen molar-refractivity contribution in [1.82, 2.24) is 15.3 Å². The molecule has 3 N–H and O–H groups in total. The van der Waals surface area contributed by atoms with Gasteiger partial charge in [-0.05, 0) is 18.2 Å². The van der Waals surface area contributed by atoms with Crippen LogP contribution >= 0.6 is 0 Å². The summed E-state index contributed by atoms with van der Waals surface area (Å²) in [7, 11) is 0. The molecule has 2 amide bonds. The number of amidine groups is 2. The molecule has 4 rings (SSSR count). The molecule has 1 aromatic carbocycles. The number of nitrogens with one attached hydrogen (secondary N) is 1. The molecular weight excluding hydrogens is 406 g/mol. The van der Waals surface area contributed by atoms with Crippen molar-refractivity contribution in [3.63, 3.8) is 0 Å². The number of piperazine rings is 1. The highest BCUT2D eigenvalue weighted by atomic mass is 16.2. The number of hydrogen-bond donors (Lipinski definition) is 2. The number of aliphatic imine (C=N–C) groups is 1. The minimum atomic E-state index is -0.420. The lowest BCUT2D eigenvalue weighted by atomic mass is 9.94. The molecule has 2 aliphatic heterocycles. The molecule has 166 valence electrons. The first kappa shape index (κ1) is 21.5. The number of aromatic nitrogens is 1. The predicted molar refractivity (Wildman–Crippen MR) is 124 cm³/mol. The van der Waals surface area contributed by atoms with Crippen LogP contribution in [0.5, 0.6) is 0 Å². The summed E-state index contributed by atoms with van der Waals surface area (Å²) in [4.78, 5) is 37.4. The molecule has 1 aromatic heterocycles. The van der Waals surface area contributed by atoms with Crippen LogP contribution < -0.4 is 16.1 Å². The second kappa shape index (κ2) is 8.41. The van der Waals surface area contributed by atoms with Crippen LogP contribution in [0.2, 0.25) is 0 Å². The topological polar surface area (TPSA) is 116 Å². The molecule has 0 bridgehead atoms. The fraction of sp³-hybridized carbons (Fsp3) is 0.348. The van der Waals surface area contributed by atoms with Gasteiger partial charge in [0, 0.05) is 49.0 Å². The number of hydrogen-bond acceptors (Lipinski definition) is 6. The summed E-state index contributed by atoms with van der Waals surface area (Å²) in [5.74, 6) is 0.450. The van der Waals surface area contributed by atoms with Gasteiger partial charge in [-0.2, -0.15) is 5.10 Å². The van der Waals surface area contributed by atoms with E-state index in [1.165, 1.54) is 0 Å². The number of pyridine rings is 1. The third-order valence-electron chi connectivity index (χ3n) is 5.48. The highest BCUT2D eigenvalue weighted by molar-refractivity contribution is 6.24. The second-order valence-corrected chi connectivity index (χ2v) is 8.82. The van der Waals surface area contributed by atoms with Gasteiger partial charge in [0.1, 0.15) is 11.5 Å². The normalized spacial score (nSPS) is 17.2. The Balaban J connectivity index is 1.52. The van der Waals surface area contributed by atoms with Crippen molar-refractivity contribution in [3.8, 4) is 0 Å². The number of nitrogens with zero attached hydrogens (tertiary/aromatic N) is 5. The van der Waals surface area contributed by atoms with Crippen LogP contribution in [0.4, 0.5) is 5.69 Å². The molecule has 1 saturated heterocycles. The Morgan fingerprint density at radius 1 is 1.06 bits per heavy atom. The Morgan fingerprint density at radius 3 is 2.47 bits per heavy atom. The van der Waals surface area contributed by atoms with E-state index in [9.17, 15) is 9.59 Å². The highest BCUT2D eigenvalue weighted by Gasteiger charge is 2.32. The monoisotopic (exact) mass is 433 g/mol. The number of nitrogens with two attached hydrogens (primary N) is 1. The van der Waals surface area contributed by atoms with Crippen molar-refractivity contribution in [2.75, 3.05) is 31.1 Å². The Morgan fingerprint density at radius 2 is 1.81 bits per heavy atom. The van der Waals surface area contributed by atoms with Gasteiger partial charge in [0.2, 0.25) is 5.91 Å². The Kier molecular flexibility index (Phi) is 5.65. The molecule has 32 heavy (non-hydrogen) atoms. The third-order valence-corrected chi connectivity index (χ3v) is 5.48. The Hall–Kier alpha value is -3.75. The lowest BCUT2D eigenvalue weighted by molar-refractivity contribution is -0.139. The van der Waals surface area contributed by atoms with Gasteiger partial charge in [0.25, 0.3) is 5.91 Å². The Labute approximate surface area is 187 Å². The van der Waals surface area contributed by atoms with E-state index in [0.717, 1.165) is 16.8 Å². The maximum Gasteiger partial charge on any atom is 0.290 e. The van der Waals surface area contributed by atoms with Crippen LogP contribution in [0.15, 0.2) is 52.7 Å². The van der Waals surface area contributed by atoms with Crippen LogP contribution in [-0.2, 0) is 4.79 Å². The SMILES string of the molecule is CC(C)(C)C(=O)N1CCN(c2cccc3c2C(N)=N/C3=N\NC(=O)c2ccccn2)CC1. The van der Waals surface area contributed by atoms with Gasteiger partial charge in [-0.25, -0.2) is 10.4 Å². The number of rotatable bonds is 3. The van der Waals surface area contributed by atoms with Crippen molar-refractivity contribution < 1.29 is 9.59 Å². The average molecular weight is 434 g/mol. The van der Waals surface area contributed by atoms with Gasteiger partial charge >= 0.3 is 0 Å². The van der Waals surface area contributed by atoms with Crippen molar-refractivity contribution in [3.05, 3.63) is 59.4 Å². The summed E-state index contributed by atoms with van der Waals surface area (Å²) in [5, 5.41) is 4.18. The summed E-state index contributed by atoms with van der Waals surface area (Å²) in [6.45, 7) is 8.53. The minimum absolute atomic E-state index is 0.162. The second-order valence-electron chi connectivity index (χ2n) is 8.82. The molecular formula is C23H27N7O2. The van der Waals surface area contributed by atoms with Gasteiger partial charge in [0.15, 0.2) is 5.84 Å². The first-order chi connectivity index (χ1) is 15.3. The maximum absolute atomic E-state index is 12.6. The van der Waals surface area contributed by atoms with E-state index in [2.05, 4.69) is 25.4 Å². The van der Waals surface area contributed by atoms with Crippen LogP contribution in [0.3, 0.4) is 0 Å². The zero-order valence-corrected chi connectivity index (χ0v) is 18.5. The number of fused-ring (bicyclic) bond motifs is 1. The summed E-state index contributed by atoms with van der Waals surface area (Å²) < 4.78 is 0. The largest absolute Gasteiger partial charge is 0.383 e. The standard InChI is InChI=1S/C23H27N7O2/c1-23(2,3)22(32)30-13-11-29(12-14-30)17-9-6-7-15-18(17)19(24)26-20(15)27-28-21(31)16-8-4-5-10-25-16/h4-10H,11-14H2,1-3H3,(H,28,31)(H2,24,26,27). The summed E-state index contributed by atoms with van der Waals surface area (Å²) in [6.07, 6.45) is 1.55. The highest BCUT2D eigenvalue weighted by Crippen LogP contribution is 2.30. The summed E-state index contributed by atoms with van der Waals surface area (Å²) in [5.41, 5.74) is 11.1. The van der Waals surface area contributed by atoms with E-state index in [4.69, 9.17) is 5.73 Å². The van der Waals surface area contributed by atoms with Crippen molar-refractivity contribution in [2.24, 2.45) is 21.2 Å². The lowest BCUT2D eigenvalue weighted by Gasteiger charge is -2.39. The molecule has 3 heterocycles. The molecule has 0 saturated carbocycles. The molecule has 2 aliphatic rings. The fourth-order valence-corrected chi connectivity index (χ4v) is 3.86. The molecule has 0 aliphatic carbocycles. The van der Waals surface area contributed by atoms with Crippen LogP contribution in [-0.4, -0.2) is 59.5 Å². The van der Waals surface area contributed by atoms with E-state index < -0.39 is 11.3 Å². The summed E-state index contributed by atoms with van der Waals surface area (Å²) in [6, 6.07) is 10.9. The molecule has 0 radical (unpaired) electrons. The first-order valence-corrected chi connectivity index (χ1v) is 10.6. The van der Waals surface area contributed by atoms with E-state index in [-0.39, 0.29) is 11.6 Å². The van der Waals surface area contributed by atoms with Crippen LogP contribution in [0.25, 0.3) is 0 Å². The number of carbonyl (C=O) groups is 2.